The predicted octanol–water partition coefficient (Wildman–Crippen LogP) is 1.98. The maximum Gasteiger partial charge on any atom is 0.327 e. The van der Waals surface area contributed by atoms with Crippen molar-refractivity contribution in [2.24, 2.45) is 5.73 Å². The Hall–Kier alpha value is -0.550. The molecule has 0 saturated heterocycles. The van der Waals surface area contributed by atoms with E-state index in [2.05, 4.69) is 9.72 Å². The van der Waals surface area contributed by atoms with E-state index in [0.717, 1.165) is 0 Å². The minimum Gasteiger partial charge on any atom is -0.468 e. The van der Waals surface area contributed by atoms with Gasteiger partial charge in [-0.2, -0.15) is 0 Å². The molecule has 84 valence electrons. The molecule has 0 aliphatic rings. The molecule has 0 aromatic carbocycles. The van der Waals surface area contributed by atoms with Gasteiger partial charge in [-0.3, -0.25) is 9.78 Å². The average Bonchev–Trinajstić information content (AvgIpc) is 2.16. The highest BCUT2D eigenvalue weighted by atomic mass is 35.5. The molecule has 0 fully saturated rings. The largest absolute Gasteiger partial charge is 0.468 e. The molecule has 0 bridgehead atoms. The van der Waals surface area contributed by atoms with Crippen LogP contribution in [-0.4, -0.2) is 18.1 Å². The first-order chi connectivity index (χ1) is 6.57. The van der Waals surface area contributed by atoms with Crippen molar-refractivity contribution < 1.29 is 9.53 Å². The van der Waals surface area contributed by atoms with E-state index in [1.807, 2.05) is 0 Å². The summed E-state index contributed by atoms with van der Waals surface area (Å²) in [5, 5.41) is 0.491. The van der Waals surface area contributed by atoms with Crippen molar-refractivity contribution in [2.45, 2.75) is 6.04 Å². The first kappa shape index (κ1) is 14.5. The summed E-state index contributed by atoms with van der Waals surface area (Å²) in [7, 11) is 1.24. The number of esters is 1. The number of pyridine rings is 1. The first-order valence-corrected chi connectivity index (χ1v) is 4.45. The van der Waals surface area contributed by atoms with Gasteiger partial charge in [0.05, 0.1) is 17.2 Å². The zero-order chi connectivity index (χ0) is 10.7. The van der Waals surface area contributed by atoms with Crippen molar-refractivity contribution in [1.82, 2.24) is 4.98 Å². The van der Waals surface area contributed by atoms with E-state index >= 15 is 0 Å². The molecule has 0 aliphatic heterocycles. The van der Waals surface area contributed by atoms with E-state index in [0.29, 0.717) is 5.56 Å². The molecular weight excluding hydrogens is 262 g/mol. The Morgan fingerprint density at radius 3 is 2.33 bits per heavy atom. The van der Waals surface area contributed by atoms with Gasteiger partial charge in [-0.15, -0.1) is 12.4 Å². The Balaban J connectivity index is 0.00000196. The highest BCUT2D eigenvalue weighted by molar-refractivity contribution is 6.36. The lowest BCUT2D eigenvalue weighted by atomic mass is 10.1. The number of methoxy groups -OCH3 is 1. The monoisotopic (exact) mass is 270 g/mol. The van der Waals surface area contributed by atoms with Crippen LogP contribution in [0.4, 0.5) is 0 Å². The number of nitrogens with zero attached hydrogens (tertiary/aromatic N) is 1. The molecule has 0 amide bonds. The van der Waals surface area contributed by atoms with Gasteiger partial charge in [0, 0.05) is 18.0 Å². The second-order valence-electron chi connectivity index (χ2n) is 2.52. The van der Waals surface area contributed by atoms with Crippen LogP contribution in [0.3, 0.4) is 0 Å². The second kappa shape index (κ2) is 6.12. The maximum atomic E-state index is 11.1. The highest BCUT2D eigenvalue weighted by Gasteiger charge is 2.22. The van der Waals surface area contributed by atoms with Crippen LogP contribution in [-0.2, 0) is 9.53 Å². The van der Waals surface area contributed by atoms with Gasteiger partial charge in [0.2, 0.25) is 0 Å². The number of aromatic nitrogens is 1. The van der Waals surface area contributed by atoms with Gasteiger partial charge in [-0.25, -0.2) is 0 Å². The van der Waals surface area contributed by atoms with Crippen LogP contribution < -0.4 is 5.73 Å². The summed E-state index contributed by atoms with van der Waals surface area (Å²) in [6.07, 6.45) is 2.73. The third-order valence-electron chi connectivity index (χ3n) is 1.66. The Morgan fingerprint density at radius 2 is 1.93 bits per heavy atom. The van der Waals surface area contributed by atoms with E-state index in [1.165, 1.54) is 19.5 Å². The Morgan fingerprint density at radius 1 is 1.47 bits per heavy atom. The van der Waals surface area contributed by atoms with Gasteiger partial charge in [0.25, 0.3) is 0 Å². The fourth-order valence-corrected chi connectivity index (χ4v) is 1.56. The van der Waals surface area contributed by atoms with Crippen LogP contribution in [0.2, 0.25) is 10.0 Å². The standard InChI is InChI=1S/C8H8Cl2N2O2.ClH/c1-14-8(13)7(11)6-4(9)2-12-3-5(6)10;/h2-3,7H,11H2,1H3;1H/t7-;/m0./s1. The maximum absolute atomic E-state index is 11.1. The fraction of sp³-hybridized carbons (Fsp3) is 0.250. The summed E-state index contributed by atoms with van der Waals surface area (Å²) in [5.41, 5.74) is 5.91. The van der Waals surface area contributed by atoms with Gasteiger partial charge in [-0.1, -0.05) is 23.2 Å². The molecule has 0 spiro atoms. The molecule has 1 heterocycles. The number of carbonyl (C=O) groups is 1. The summed E-state index contributed by atoms with van der Waals surface area (Å²) in [6.45, 7) is 0. The zero-order valence-electron chi connectivity index (χ0n) is 7.74. The number of halogens is 3. The lowest BCUT2D eigenvalue weighted by Gasteiger charge is -2.12. The molecule has 15 heavy (non-hydrogen) atoms. The number of carbonyl (C=O) groups excluding carboxylic acids is 1. The number of ether oxygens (including phenoxy) is 1. The fourth-order valence-electron chi connectivity index (χ4n) is 0.963. The van der Waals surface area contributed by atoms with E-state index < -0.39 is 12.0 Å². The molecule has 2 N–H and O–H groups in total. The summed E-state index contributed by atoms with van der Waals surface area (Å²) in [6, 6.07) is -0.983. The number of rotatable bonds is 2. The van der Waals surface area contributed by atoms with Crippen LogP contribution in [0.15, 0.2) is 12.4 Å². The van der Waals surface area contributed by atoms with Gasteiger partial charge < -0.3 is 10.5 Å². The first-order valence-electron chi connectivity index (χ1n) is 3.70. The average molecular weight is 272 g/mol. The molecule has 1 aromatic rings. The second-order valence-corrected chi connectivity index (χ2v) is 3.33. The van der Waals surface area contributed by atoms with Crippen molar-refractivity contribution in [2.75, 3.05) is 7.11 Å². The van der Waals surface area contributed by atoms with Crippen LogP contribution in [0.25, 0.3) is 0 Å². The van der Waals surface area contributed by atoms with Crippen molar-refractivity contribution in [3.63, 3.8) is 0 Å². The summed E-state index contributed by atoms with van der Waals surface area (Å²) in [5.74, 6) is -0.597. The SMILES string of the molecule is COC(=O)[C@@H](N)c1c(Cl)cncc1Cl.Cl. The Bertz CT molecular complexity index is 339. The minimum atomic E-state index is -0.983. The molecule has 1 atom stereocenters. The topological polar surface area (TPSA) is 65.2 Å². The molecule has 7 heteroatoms. The third kappa shape index (κ3) is 3.21. The number of nitrogens with two attached hydrogens (primary N) is 1. The van der Waals surface area contributed by atoms with Crippen molar-refractivity contribution in [1.29, 1.82) is 0 Å². The van der Waals surface area contributed by atoms with Crippen LogP contribution in [0.5, 0.6) is 0 Å². The Kier molecular flexibility index (Phi) is 5.90. The molecule has 0 radical (unpaired) electrons. The lowest BCUT2D eigenvalue weighted by Crippen LogP contribution is -2.23. The van der Waals surface area contributed by atoms with E-state index in [9.17, 15) is 4.79 Å². The van der Waals surface area contributed by atoms with E-state index in [1.54, 1.807) is 0 Å². The minimum absolute atomic E-state index is 0. The van der Waals surface area contributed by atoms with Gasteiger partial charge in [0.1, 0.15) is 6.04 Å². The zero-order valence-corrected chi connectivity index (χ0v) is 10.1. The van der Waals surface area contributed by atoms with Crippen molar-refractivity contribution in [3.05, 3.63) is 28.0 Å². The van der Waals surface area contributed by atoms with Gasteiger partial charge in [0.15, 0.2) is 0 Å². The molecular formula is C8H9Cl3N2O2. The summed E-state index contributed by atoms with van der Waals surface area (Å²) < 4.78 is 4.47. The molecule has 0 aliphatic carbocycles. The number of hydrogen-bond donors (Lipinski definition) is 1. The molecule has 4 nitrogen and oxygen atoms in total. The molecule has 0 saturated carbocycles. The summed E-state index contributed by atoms with van der Waals surface area (Å²) in [4.78, 5) is 14.9. The van der Waals surface area contributed by atoms with Crippen LogP contribution in [0, 0.1) is 0 Å². The smallest absolute Gasteiger partial charge is 0.327 e. The van der Waals surface area contributed by atoms with Gasteiger partial charge >= 0.3 is 5.97 Å². The van der Waals surface area contributed by atoms with Crippen LogP contribution >= 0.6 is 35.6 Å². The summed E-state index contributed by atoms with van der Waals surface area (Å²) >= 11 is 11.6. The quantitative estimate of drug-likeness (QED) is 0.835. The molecule has 1 aromatic heterocycles. The van der Waals surface area contributed by atoms with Gasteiger partial charge in [-0.05, 0) is 0 Å². The molecule has 1 rings (SSSR count). The van der Waals surface area contributed by atoms with Crippen LogP contribution in [0.1, 0.15) is 11.6 Å². The van der Waals surface area contributed by atoms with Crippen molar-refractivity contribution >= 4 is 41.6 Å². The highest BCUT2D eigenvalue weighted by Crippen LogP contribution is 2.28. The van der Waals surface area contributed by atoms with Crippen molar-refractivity contribution in [3.8, 4) is 0 Å². The van der Waals surface area contributed by atoms with E-state index in [-0.39, 0.29) is 22.5 Å². The Labute approximate surface area is 103 Å². The predicted molar refractivity (Wildman–Crippen MR) is 60.4 cm³/mol. The third-order valence-corrected chi connectivity index (χ3v) is 2.26. The number of hydrogen-bond acceptors (Lipinski definition) is 4. The lowest BCUT2D eigenvalue weighted by molar-refractivity contribution is -0.142. The van der Waals surface area contributed by atoms with E-state index in [4.69, 9.17) is 28.9 Å². The normalized spacial score (nSPS) is 11.5. The molecule has 0 unspecified atom stereocenters.